The number of hydrogen-bond acceptors (Lipinski definition) is 6. The molecule has 0 saturated heterocycles. The Morgan fingerprint density at radius 3 is 2.62 bits per heavy atom. The first-order valence-corrected chi connectivity index (χ1v) is 10.3. The first-order chi connectivity index (χ1) is 14.1. The summed E-state index contributed by atoms with van der Waals surface area (Å²) < 4.78 is 16.0. The Balaban J connectivity index is 2.41. The molecule has 2 aromatic rings. The zero-order valence-corrected chi connectivity index (χ0v) is 18.2. The number of nitrogens with one attached hydrogen (secondary N) is 1. The predicted octanol–water partition coefficient (Wildman–Crippen LogP) is 4.86. The number of ether oxygens (including phenoxy) is 3. The molecule has 0 bridgehead atoms. The highest BCUT2D eigenvalue weighted by atomic mass is 32.2. The monoisotopic (exact) mass is 416 g/mol. The summed E-state index contributed by atoms with van der Waals surface area (Å²) >= 11 is 1.61. The third kappa shape index (κ3) is 6.88. The Morgan fingerprint density at radius 1 is 1.14 bits per heavy atom. The zero-order valence-electron chi connectivity index (χ0n) is 17.4. The van der Waals surface area contributed by atoms with Crippen molar-refractivity contribution in [1.29, 1.82) is 0 Å². The van der Waals surface area contributed by atoms with E-state index in [2.05, 4.69) is 5.32 Å². The molecule has 0 saturated carbocycles. The Bertz CT molecular complexity index is 880. The Kier molecular flexibility index (Phi) is 9.70. The Morgan fingerprint density at radius 2 is 1.93 bits per heavy atom. The van der Waals surface area contributed by atoms with Crippen molar-refractivity contribution in [2.24, 2.45) is 0 Å². The summed E-state index contributed by atoms with van der Waals surface area (Å²) in [6.07, 6.45) is 4.32. The topological polar surface area (TPSA) is 69.7 Å². The van der Waals surface area contributed by atoms with E-state index >= 15 is 0 Å². The second-order valence-electron chi connectivity index (χ2n) is 6.11. The number of rotatable bonds is 11. The van der Waals surface area contributed by atoms with Crippen molar-refractivity contribution < 1.29 is 19.0 Å². The van der Waals surface area contributed by atoms with Crippen LogP contribution in [0.3, 0.4) is 0 Å². The van der Waals surface area contributed by atoms with Crippen LogP contribution < -0.4 is 10.1 Å². The van der Waals surface area contributed by atoms with Gasteiger partial charge in [0.15, 0.2) is 0 Å². The van der Waals surface area contributed by atoms with Gasteiger partial charge in [0, 0.05) is 36.3 Å². The van der Waals surface area contributed by atoms with Gasteiger partial charge in [-0.1, -0.05) is 23.9 Å². The van der Waals surface area contributed by atoms with Gasteiger partial charge in [-0.05, 0) is 37.5 Å². The fraction of sp³-hybridized carbons (Fsp3) is 0.364. The van der Waals surface area contributed by atoms with Crippen molar-refractivity contribution in [3.05, 3.63) is 47.5 Å². The highest BCUT2D eigenvalue weighted by Crippen LogP contribution is 2.34. The van der Waals surface area contributed by atoms with Gasteiger partial charge < -0.3 is 19.5 Å². The molecule has 6 nitrogen and oxygen atoms in total. The van der Waals surface area contributed by atoms with E-state index in [9.17, 15) is 4.79 Å². The molecule has 0 aliphatic carbocycles. The van der Waals surface area contributed by atoms with E-state index in [-0.39, 0.29) is 5.91 Å². The van der Waals surface area contributed by atoms with Crippen LogP contribution in [-0.2, 0) is 14.3 Å². The van der Waals surface area contributed by atoms with Crippen molar-refractivity contribution >= 4 is 39.2 Å². The van der Waals surface area contributed by atoms with Gasteiger partial charge in [-0.25, -0.2) is 4.98 Å². The molecular weight excluding hydrogens is 388 g/mol. The van der Waals surface area contributed by atoms with Crippen molar-refractivity contribution in [1.82, 2.24) is 4.98 Å². The maximum absolute atomic E-state index is 12.0. The molecule has 0 aliphatic rings. The van der Waals surface area contributed by atoms with E-state index < -0.39 is 0 Å². The molecule has 0 atom stereocenters. The van der Waals surface area contributed by atoms with Gasteiger partial charge >= 0.3 is 0 Å². The van der Waals surface area contributed by atoms with Gasteiger partial charge in [-0.15, -0.1) is 0 Å². The summed E-state index contributed by atoms with van der Waals surface area (Å²) in [6.45, 7) is 5.26. The van der Waals surface area contributed by atoms with Crippen molar-refractivity contribution in [3.8, 4) is 5.75 Å². The number of carbonyl (C=O) groups is 1. The minimum absolute atomic E-state index is 0.100. The summed E-state index contributed by atoms with van der Waals surface area (Å²) in [4.78, 5) is 17.8. The quantitative estimate of drug-likeness (QED) is 0.528. The van der Waals surface area contributed by atoms with Gasteiger partial charge in [0.25, 0.3) is 0 Å². The van der Waals surface area contributed by atoms with Crippen LogP contribution in [-0.4, -0.2) is 44.9 Å². The van der Waals surface area contributed by atoms with E-state index in [4.69, 9.17) is 19.2 Å². The third-order valence-electron chi connectivity index (χ3n) is 3.98. The minimum atomic E-state index is -0.100. The van der Waals surface area contributed by atoms with Crippen LogP contribution in [0.1, 0.15) is 26.0 Å². The number of amides is 1. The Hall–Kier alpha value is -2.35. The van der Waals surface area contributed by atoms with Gasteiger partial charge in [0.1, 0.15) is 12.4 Å². The number of benzene rings is 1. The molecule has 156 valence electrons. The fourth-order valence-corrected chi connectivity index (χ4v) is 3.23. The number of pyridine rings is 1. The van der Waals surface area contributed by atoms with Crippen LogP contribution in [0.5, 0.6) is 5.75 Å². The van der Waals surface area contributed by atoms with Gasteiger partial charge in [-0.3, -0.25) is 4.79 Å². The normalized spacial score (nSPS) is 11.9. The number of fused-ring (bicyclic) bond motifs is 1. The highest BCUT2D eigenvalue weighted by Gasteiger charge is 2.12. The SMILES string of the molecule is C/C=C\S/C(=C\C)c1cc(OCCOC)c2cc(NC(=O)CCOC)ccc2n1. The maximum Gasteiger partial charge on any atom is 0.226 e. The number of anilines is 1. The van der Waals surface area contributed by atoms with E-state index in [1.165, 1.54) is 0 Å². The smallest absolute Gasteiger partial charge is 0.226 e. The molecular formula is C22H28N2O4S. The van der Waals surface area contributed by atoms with E-state index in [0.717, 1.165) is 21.5 Å². The average molecular weight is 417 g/mol. The number of methoxy groups -OCH3 is 2. The highest BCUT2D eigenvalue weighted by molar-refractivity contribution is 8.10. The fourth-order valence-electron chi connectivity index (χ4n) is 2.59. The maximum atomic E-state index is 12.0. The van der Waals surface area contributed by atoms with Crippen molar-refractivity contribution in [2.45, 2.75) is 20.3 Å². The van der Waals surface area contributed by atoms with Gasteiger partial charge in [0.05, 0.1) is 30.8 Å². The molecule has 7 heteroatoms. The lowest BCUT2D eigenvalue weighted by molar-refractivity contribution is -0.117. The standard InChI is InChI=1S/C22H28N2O4S/c1-5-13-29-21(6-2)19-15-20(28-12-11-27-4)17-14-16(7-8-18(17)24-19)23-22(25)9-10-26-3/h5-8,13-15H,9-12H2,1-4H3,(H,23,25)/b13-5-,21-6-. The summed E-state index contributed by atoms with van der Waals surface area (Å²) in [6, 6.07) is 7.55. The molecule has 1 amide bonds. The third-order valence-corrected chi connectivity index (χ3v) is 5.09. The molecule has 1 heterocycles. The lowest BCUT2D eigenvalue weighted by atomic mass is 10.1. The van der Waals surface area contributed by atoms with E-state index in [1.54, 1.807) is 26.0 Å². The molecule has 0 radical (unpaired) electrons. The first-order valence-electron chi connectivity index (χ1n) is 9.42. The molecule has 1 aromatic carbocycles. The molecule has 1 N–H and O–H groups in total. The minimum Gasteiger partial charge on any atom is -0.490 e. The summed E-state index contributed by atoms with van der Waals surface area (Å²) in [7, 11) is 3.21. The molecule has 2 rings (SSSR count). The summed E-state index contributed by atoms with van der Waals surface area (Å²) in [5, 5.41) is 5.74. The van der Waals surface area contributed by atoms with Crippen molar-refractivity contribution in [2.75, 3.05) is 39.4 Å². The second kappa shape index (κ2) is 12.3. The van der Waals surface area contributed by atoms with Crippen LogP contribution in [0.25, 0.3) is 15.8 Å². The van der Waals surface area contributed by atoms with E-state index in [1.807, 2.05) is 55.7 Å². The number of carbonyl (C=O) groups excluding carboxylic acids is 1. The van der Waals surface area contributed by atoms with Crippen LogP contribution in [0, 0.1) is 0 Å². The second-order valence-corrected chi connectivity index (χ2v) is 7.06. The summed E-state index contributed by atoms with van der Waals surface area (Å²) in [5.74, 6) is 0.604. The number of thioether (sulfide) groups is 1. The largest absolute Gasteiger partial charge is 0.490 e. The summed E-state index contributed by atoms with van der Waals surface area (Å²) in [5.41, 5.74) is 2.33. The number of allylic oxidation sites excluding steroid dienone is 2. The molecule has 29 heavy (non-hydrogen) atoms. The van der Waals surface area contributed by atoms with Gasteiger partial charge in [0.2, 0.25) is 5.91 Å². The van der Waals surface area contributed by atoms with Crippen molar-refractivity contribution in [3.63, 3.8) is 0 Å². The first kappa shape index (κ1) is 22.9. The number of nitrogens with zero attached hydrogens (tertiary/aromatic N) is 1. The predicted molar refractivity (Wildman–Crippen MR) is 120 cm³/mol. The lowest BCUT2D eigenvalue weighted by Crippen LogP contribution is -2.13. The van der Waals surface area contributed by atoms with Crippen LogP contribution >= 0.6 is 11.8 Å². The zero-order chi connectivity index (χ0) is 21.1. The number of aromatic nitrogens is 1. The molecule has 1 aromatic heterocycles. The Labute approximate surface area is 176 Å². The van der Waals surface area contributed by atoms with Gasteiger partial charge in [-0.2, -0.15) is 0 Å². The van der Waals surface area contributed by atoms with Crippen LogP contribution in [0.4, 0.5) is 5.69 Å². The average Bonchev–Trinajstić information content (AvgIpc) is 2.73. The molecule has 0 spiro atoms. The van der Waals surface area contributed by atoms with E-state index in [0.29, 0.717) is 37.7 Å². The number of hydrogen-bond donors (Lipinski definition) is 1. The lowest BCUT2D eigenvalue weighted by Gasteiger charge is -2.14. The molecule has 0 fully saturated rings. The van der Waals surface area contributed by atoms with Crippen LogP contribution in [0.15, 0.2) is 41.8 Å². The molecule has 0 unspecified atom stereocenters. The van der Waals surface area contributed by atoms with Crippen LogP contribution in [0.2, 0.25) is 0 Å². The molecule has 0 aliphatic heterocycles.